The Bertz CT molecular complexity index is 769. The normalized spacial score (nSPS) is 20.7. The number of nitro groups is 1. The summed E-state index contributed by atoms with van der Waals surface area (Å²) in [6.07, 6.45) is 1.43. The maximum absolute atomic E-state index is 12.6. The number of furan rings is 1. The van der Waals surface area contributed by atoms with Crippen molar-refractivity contribution in [1.29, 1.82) is 0 Å². The van der Waals surface area contributed by atoms with E-state index in [4.69, 9.17) is 4.42 Å². The van der Waals surface area contributed by atoms with Crippen molar-refractivity contribution in [1.82, 2.24) is 10.2 Å². The maximum atomic E-state index is 12.6. The molecule has 0 saturated carbocycles. The van der Waals surface area contributed by atoms with Crippen LogP contribution in [-0.4, -0.2) is 21.8 Å². The molecule has 0 spiro atoms. The van der Waals surface area contributed by atoms with Crippen LogP contribution in [0.15, 0.2) is 47.1 Å². The Balaban J connectivity index is 1.82. The minimum Gasteiger partial charge on any atom is -0.466 e. The number of benzene rings is 1. The highest BCUT2D eigenvalue weighted by molar-refractivity contribution is 6.06. The molecule has 0 aliphatic carbocycles. The highest BCUT2D eigenvalue weighted by Gasteiger charge is 2.50. The number of carbonyl (C=O) groups excluding carboxylic acids is 2. The molecule has 1 fully saturated rings. The van der Waals surface area contributed by atoms with Crippen molar-refractivity contribution in [3.05, 3.63) is 64.1 Å². The first kappa shape index (κ1) is 14.8. The van der Waals surface area contributed by atoms with Crippen molar-refractivity contribution in [3.63, 3.8) is 0 Å². The fourth-order valence-corrected chi connectivity index (χ4v) is 2.48. The van der Waals surface area contributed by atoms with Gasteiger partial charge in [-0.1, -0.05) is 12.1 Å². The van der Waals surface area contributed by atoms with Crippen LogP contribution in [0.4, 0.5) is 10.5 Å². The molecule has 3 rings (SSSR count). The molecule has 3 amide bonds. The van der Waals surface area contributed by atoms with Crippen LogP contribution in [-0.2, 0) is 16.9 Å². The summed E-state index contributed by atoms with van der Waals surface area (Å²) in [4.78, 5) is 35.9. The number of imide groups is 1. The van der Waals surface area contributed by atoms with Gasteiger partial charge < -0.3 is 9.73 Å². The number of rotatable bonds is 4. The third-order valence-electron chi connectivity index (χ3n) is 3.78. The van der Waals surface area contributed by atoms with E-state index in [2.05, 4.69) is 5.32 Å². The van der Waals surface area contributed by atoms with Crippen molar-refractivity contribution in [2.75, 3.05) is 0 Å². The Labute approximate surface area is 130 Å². The number of nitrogens with one attached hydrogen (secondary N) is 1. The van der Waals surface area contributed by atoms with Gasteiger partial charge in [-0.15, -0.1) is 0 Å². The Morgan fingerprint density at radius 3 is 2.52 bits per heavy atom. The number of nitrogens with zero attached hydrogens (tertiary/aromatic N) is 2. The summed E-state index contributed by atoms with van der Waals surface area (Å²) in [5, 5.41) is 13.3. The third-order valence-corrected chi connectivity index (χ3v) is 3.78. The lowest BCUT2D eigenvalue weighted by Gasteiger charge is -2.19. The molecule has 8 heteroatoms. The largest absolute Gasteiger partial charge is 0.466 e. The van der Waals surface area contributed by atoms with E-state index < -0.39 is 22.4 Å². The molecule has 1 aliphatic heterocycles. The van der Waals surface area contributed by atoms with E-state index in [1.54, 1.807) is 19.1 Å². The Morgan fingerprint density at radius 1 is 1.26 bits per heavy atom. The molecule has 1 unspecified atom stereocenters. The SMILES string of the molecule is CC1(c2ccco2)NC(=O)N(Cc2ccc([N+](=O)[O-])cc2)C1=O. The number of nitro benzene ring substituents is 1. The number of hydrogen-bond donors (Lipinski definition) is 1. The molecule has 2 aromatic rings. The lowest BCUT2D eigenvalue weighted by molar-refractivity contribution is -0.384. The summed E-state index contributed by atoms with van der Waals surface area (Å²) >= 11 is 0. The fourth-order valence-electron chi connectivity index (χ4n) is 2.48. The quantitative estimate of drug-likeness (QED) is 0.528. The van der Waals surface area contributed by atoms with E-state index in [0.717, 1.165) is 4.90 Å². The van der Waals surface area contributed by atoms with Crippen LogP contribution in [0.3, 0.4) is 0 Å². The van der Waals surface area contributed by atoms with Gasteiger partial charge in [0.05, 0.1) is 17.7 Å². The lowest BCUT2D eigenvalue weighted by atomic mass is 9.99. The van der Waals surface area contributed by atoms with Crippen molar-refractivity contribution >= 4 is 17.6 Å². The first-order chi connectivity index (χ1) is 10.9. The van der Waals surface area contributed by atoms with Crippen molar-refractivity contribution in [2.24, 2.45) is 0 Å². The molecule has 1 aromatic carbocycles. The van der Waals surface area contributed by atoms with Crippen LogP contribution < -0.4 is 5.32 Å². The number of hydrogen-bond acceptors (Lipinski definition) is 5. The minimum atomic E-state index is -1.25. The fraction of sp³-hybridized carbons (Fsp3) is 0.200. The minimum absolute atomic E-state index is 0.0267. The van der Waals surface area contributed by atoms with E-state index >= 15 is 0 Å². The van der Waals surface area contributed by atoms with Gasteiger partial charge in [-0.05, 0) is 24.6 Å². The van der Waals surface area contributed by atoms with Crippen molar-refractivity contribution in [2.45, 2.75) is 19.0 Å². The summed E-state index contributed by atoms with van der Waals surface area (Å²) in [7, 11) is 0. The van der Waals surface area contributed by atoms with Crippen LogP contribution >= 0.6 is 0 Å². The van der Waals surface area contributed by atoms with Crippen LogP contribution in [0.2, 0.25) is 0 Å². The van der Waals surface area contributed by atoms with Gasteiger partial charge in [-0.3, -0.25) is 19.8 Å². The van der Waals surface area contributed by atoms with Gasteiger partial charge in [0.25, 0.3) is 11.6 Å². The monoisotopic (exact) mass is 315 g/mol. The van der Waals surface area contributed by atoms with Gasteiger partial charge in [-0.2, -0.15) is 0 Å². The van der Waals surface area contributed by atoms with Crippen molar-refractivity contribution < 1.29 is 18.9 Å². The molecule has 118 valence electrons. The Hall–Kier alpha value is -3.16. The van der Waals surface area contributed by atoms with E-state index in [0.29, 0.717) is 11.3 Å². The van der Waals surface area contributed by atoms with Gasteiger partial charge in [0.2, 0.25) is 0 Å². The van der Waals surface area contributed by atoms with Crippen molar-refractivity contribution in [3.8, 4) is 0 Å². The van der Waals surface area contributed by atoms with Crippen LogP contribution in [0, 0.1) is 10.1 Å². The molecule has 1 atom stereocenters. The van der Waals surface area contributed by atoms with E-state index in [-0.39, 0.29) is 12.2 Å². The number of amides is 3. The molecule has 8 nitrogen and oxygen atoms in total. The van der Waals surface area contributed by atoms with E-state index in [9.17, 15) is 19.7 Å². The average Bonchev–Trinajstić information content (AvgIpc) is 3.12. The summed E-state index contributed by atoms with van der Waals surface area (Å²) in [6.45, 7) is 1.60. The molecule has 2 heterocycles. The molecule has 1 aliphatic rings. The van der Waals surface area contributed by atoms with Crippen LogP contribution in [0.5, 0.6) is 0 Å². The molecular formula is C15H13N3O5. The van der Waals surface area contributed by atoms with Gasteiger partial charge in [0.1, 0.15) is 5.76 Å². The maximum Gasteiger partial charge on any atom is 0.325 e. The molecule has 23 heavy (non-hydrogen) atoms. The predicted molar refractivity (Wildman–Crippen MR) is 78.2 cm³/mol. The highest BCUT2D eigenvalue weighted by Crippen LogP contribution is 2.30. The third kappa shape index (κ3) is 2.44. The topological polar surface area (TPSA) is 106 Å². The molecule has 1 aromatic heterocycles. The summed E-state index contributed by atoms with van der Waals surface area (Å²) < 4.78 is 5.24. The molecule has 1 N–H and O–H groups in total. The smallest absolute Gasteiger partial charge is 0.325 e. The zero-order valence-corrected chi connectivity index (χ0v) is 12.2. The summed E-state index contributed by atoms with van der Waals surface area (Å²) in [5.74, 6) is -0.0853. The Kier molecular flexibility index (Phi) is 3.36. The second-order valence-electron chi connectivity index (χ2n) is 5.35. The standard InChI is InChI=1S/C15H13N3O5/c1-15(12-3-2-8-23-12)13(19)17(14(20)16-15)9-10-4-6-11(7-5-10)18(21)22/h2-8H,9H2,1H3,(H,16,20). The molecule has 1 saturated heterocycles. The predicted octanol–water partition coefficient (Wildman–Crippen LogP) is 2.16. The molecular weight excluding hydrogens is 302 g/mol. The van der Waals surface area contributed by atoms with Gasteiger partial charge in [0, 0.05) is 12.1 Å². The van der Waals surface area contributed by atoms with Crippen LogP contribution in [0.25, 0.3) is 0 Å². The number of carbonyl (C=O) groups is 2. The van der Waals surface area contributed by atoms with Gasteiger partial charge >= 0.3 is 6.03 Å². The molecule has 0 radical (unpaired) electrons. The highest BCUT2D eigenvalue weighted by atomic mass is 16.6. The first-order valence-electron chi connectivity index (χ1n) is 6.83. The Morgan fingerprint density at radius 2 is 1.96 bits per heavy atom. The van der Waals surface area contributed by atoms with E-state index in [1.165, 1.54) is 30.5 Å². The second-order valence-corrected chi connectivity index (χ2v) is 5.35. The number of urea groups is 1. The lowest BCUT2D eigenvalue weighted by Crippen LogP contribution is -2.40. The zero-order chi connectivity index (χ0) is 16.6. The second kappa shape index (κ2) is 5.24. The number of non-ortho nitro benzene ring substituents is 1. The average molecular weight is 315 g/mol. The molecule has 0 bridgehead atoms. The van der Waals surface area contributed by atoms with Crippen LogP contribution in [0.1, 0.15) is 18.2 Å². The van der Waals surface area contributed by atoms with E-state index in [1.807, 2.05) is 0 Å². The zero-order valence-electron chi connectivity index (χ0n) is 12.2. The van der Waals surface area contributed by atoms with Gasteiger partial charge in [-0.25, -0.2) is 4.79 Å². The first-order valence-corrected chi connectivity index (χ1v) is 6.83. The summed E-state index contributed by atoms with van der Waals surface area (Å²) in [5.41, 5.74) is -0.685. The summed E-state index contributed by atoms with van der Waals surface area (Å²) in [6, 6.07) is 8.42. The van der Waals surface area contributed by atoms with Gasteiger partial charge in [0.15, 0.2) is 5.54 Å².